The number of benzene rings is 3. The van der Waals surface area contributed by atoms with Crippen molar-refractivity contribution in [2.75, 3.05) is 11.9 Å². The van der Waals surface area contributed by atoms with Gasteiger partial charge in [0.2, 0.25) is 5.91 Å². The highest BCUT2D eigenvalue weighted by Gasteiger charge is 2.19. The molecular weight excluding hydrogens is 394 g/mol. The Hall–Kier alpha value is -3.97. The van der Waals surface area contributed by atoms with Gasteiger partial charge in [0, 0.05) is 23.4 Å². The maximum atomic E-state index is 13.1. The molecule has 7 nitrogen and oxygen atoms in total. The Bertz CT molecular complexity index is 1050. The first-order valence-electron chi connectivity index (χ1n) is 9.70. The van der Waals surface area contributed by atoms with Crippen molar-refractivity contribution in [3.63, 3.8) is 0 Å². The third-order valence-corrected chi connectivity index (χ3v) is 4.67. The Labute approximate surface area is 180 Å². The Morgan fingerprint density at radius 3 is 2.10 bits per heavy atom. The maximum Gasteiger partial charge on any atom is 0.274 e. The van der Waals surface area contributed by atoms with Gasteiger partial charge in [0.1, 0.15) is 6.54 Å². The summed E-state index contributed by atoms with van der Waals surface area (Å²) in [5.41, 5.74) is 4.81. The molecule has 31 heavy (non-hydrogen) atoms. The molecule has 0 radical (unpaired) electrons. The van der Waals surface area contributed by atoms with Crippen LogP contribution >= 0.6 is 0 Å². The van der Waals surface area contributed by atoms with Gasteiger partial charge in [0.05, 0.1) is 0 Å². The third-order valence-electron chi connectivity index (χ3n) is 4.67. The van der Waals surface area contributed by atoms with Crippen molar-refractivity contribution in [1.29, 1.82) is 0 Å². The Balaban J connectivity index is 1.77. The zero-order valence-electron chi connectivity index (χ0n) is 17.0. The average molecular weight is 417 g/mol. The molecule has 0 heterocycles. The van der Waals surface area contributed by atoms with Crippen molar-refractivity contribution in [3.05, 3.63) is 101 Å². The molecule has 0 aliphatic heterocycles. The quantitative estimate of drug-likeness (QED) is 0.405. The number of carbonyl (C=O) groups is 3. The minimum atomic E-state index is -0.624. The van der Waals surface area contributed by atoms with E-state index in [1.807, 2.05) is 37.3 Å². The van der Waals surface area contributed by atoms with Gasteiger partial charge < -0.3 is 10.2 Å². The van der Waals surface area contributed by atoms with Crippen molar-refractivity contribution < 1.29 is 19.6 Å². The molecule has 0 saturated carbocycles. The van der Waals surface area contributed by atoms with Crippen LogP contribution in [0.15, 0.2) is 78.9 Å². The summed E-state index contributed by atoms with van der Waals surface area (Å²) in [7, 11) is 0. The molecule has 0 unspecified atom stereocenters. The van der Waals surface area contributed by atoms with Gasteiger partial charge in [0.15, 0.2) is 0 Å². The lowest BCUT2D eigenvalue weighted by atomic mass is 10.1. The van der Waals surface area contributed by atoms with Crippen molar-refractivity contribution in [3.8, 4) is 0 Å². The van der Waals surface area contributed by atoms with Gasteiger partial charge in [-0.3, -0.25) is 19.6 Å². The molecule has 0 aliphatic carbocycles. The lowest BCUT2D eigenvalue weighted by molar-refractivity contribution is -0.117. The zero-order chi connectivity index (χ0) is 22.2. The average Bonchev–Trinajstić information content (AvgIpc) is 2.80. The minimum Gasteiger partial charge on any atom is -0.325 e. The Morgan fingerprint density at radius 1 is 0.839 bits per heavy atom. The largest absolute Gasteiger partial charge is 0.325 e. The van der Waals surface area contributed by atoms with Gasteiger partial charge in [-0.05, 0) is 48.9 Å². The van der Waals surface area contributed by atoms with E-state index in [1.54, 1.807) is 54.0 Å². The normalized spacial score (nSPS) is 10.3. The van der Waals surface area contributed by atoms with Crippen molar-refractivity contribution in [2.24, 2.45) is 0 Å². The fourth-order valence-electron chi connectivity index (χ4n) is 3.02. The number of hydrogen-bond donors (Lipinski definition) is 3. The number of hydrogen-bond acceptors (Lipinski definition) is 4. The minimum absolute atomic E-state index is 0.138. The van der Waals surface area contributed by atoms with E-state index in [0.29, 0.717) is 11.3 Å². The number of hydroxylamine groups is 1. The fraction of sp³-hybridized carbons (Fsp3) is 0.125. The highest BCUT2D eigenvalue weighted by atomic mass is 16.5. The van der Waals surface area contributed by atoms with Gasteiger partial charge in [-0.1, -0.05) is 48.0 Å². The summed E-state index contributed by atoms with van der Waals surface area (Å²) in [6, 6.07) is 22.6. The van der Waals surface area contributed by atoms with Crippen LogP contribution in [0.1, 0.15) is 31.8 Å². The van der Waals surface area contributed by atoms with Crippen LogP contribution in [0.25, 0.3) is 0 Å². The zero-order valence-corrected chi connectivity index (χ0v) is 17.0. The van der Waals surface area contributed by atoms with Gasteiger partial charge in [-0.2, -0.15) is 0 Å². The number of nitrogens with zero attached hydrogens (tertiary/aromatic N) is 1. The predicted octanol–water partition coefficient (Wildman–Crippen LogP) is 3.40. The first-order chi connectivity index (χ1) is 15.0. The number of nitrogens with one attached hydrogen (secondary N) is 2. The van der Waals surface area contributed by atoms with E-state index in [0.717, 1.165) is 11.1 Å². The smallest absolute Gasteiger partial charge is 0.274 e. The van der Waals surface area contributed by atoms with Crippen LogP contribution in [0.2, 0.25) is 0 Å². The molecule has 158 valence electrons. The predicted molar refractivity (Wildman–Crippen MR) is 117 cm³/mol. The van der Waals surface area contributed by atoms with Crippen LogP contribution in [0.3, 0.4) is 0 Å². The van der Waals surface area contributed by atoms with Gasteiger partial charge in [-0.15, -0.1) is 0 Å². The summed E-state index contributed by atoms with van der Waals surface area (Å²) in [6.07, 6.45) is 0. The van der Waals surface area contributed by atoms with Crippen LogP contribution in [-0.2, 0) is 11.3 Å². The summed E-state index contributed by atoms with van der Waals surface area (Å²) in [4.78, 5) is 38.6. The van der Waals surface area contributed by atoms with E-state index in [9.17, 15) is 14.4 Å². The Morgan fingerprint density at radius 2 is 1.48 bits per heavy atom. The summed E-state index contributed by atoms with van der Waals surface area (Å²) >= 11 is 0. The molecule has 0 aromatic heterocycles. The third kappa shape index (κ3) is 6.01. The molecule has 0 spiro atoms. The second-order valence-corrected chi connectivity index (χ2v) is 7.08. The number of carbonyl (C=O) groups excluding carboxylic acids is 3. The SMILES string of the molecule is Cc1ccc(NC(=O)CN(Cc2ccc(C(=O)NO)cc2)C(=O)c2ccccc2)cc1. The first-order valence-corrected chi connectivity index (χ1v) is 9.70. The topological polar surface area (TPSA) is 98.7 Å². The standard InChI is InChI=1S/C24H23N3O4/c1-17-7-13-21(14-8-17)25-22(28)16-27(24(30)20-5-3-2-4-6-20)15-18-9-11-19(12-10-18)23(29)26-31/h2-14,31H,15-16H2,1H3,(H,25,28)(H,26,29). The highest BCUT2D eigenvalue weighted by molar-refractivity contribution is 5.99. The number of amides is 3. The number of anilines is 1. The van der Waals surface area contributed by atoms with Crippen LogP contribution in [0.5, 0.6) is 0 Å². The highest BCUT2D eigenvalue weighted by Crippen LogP contribution is 2.13. The van der Waals surface area contributed by atoms with Gasteiger partial charge >= 0.3 is 0 Å². The monoisotopic (exact) mass is 417 g/mol. The lowest BCUT2D eigenvalue weighted by Gasteiger charge is -2.23. The second-order valence-electron chi connectivity index (χ2n) is 7.08. The van der Waals surface area contributed by atoms with E-state index in [1.165, 1.54) is 4.90 Å². The van der Waals surface area contributed by atoms with Crippen molar-refractivity contribution >= 4 is 23.4 Å². The summed E-state index contributed by atoms with van der Waals surface area (Å²) in [5.74, 6) is -1.22. The molecule has 3 rings (SSSR count). The molecule has 0 atom stereocenters. The summed E-state index contributed by atoms with van der Waals surface area (Å²) < 4.78 is 0. The molecule has 0 saturated heterocycles. The lowest BCUT2D eigenvalue weighted by Crippen LogP contribution is -2.37. The van der Waals surface area contributed by atoms with E-state index >= 15 is 0 Å². The molecule has 7 heteroatoms. The van der Waals surface area contributed by atoms with E-state index < -0.39 is 5.91 Å². The molecule has 3 amide bonds. The van der Waals surface area contributed by atoms with Gasteiger partial charge in [0.25, 0.3) is 11.8 Å². The van der Waals surface area contributed by atoms with Gasteiger partial charge in [-0.25, -0.2) is 5.48 Å². The van der Waals surface area contributed by atoms with Crippen LogP contribution < -0.4 is 10.8 Å². The van der Waals surface area contributed by atoms with Crippen LogP contribution in [0.4, 0.5) is 5.69 Å². The fourth-order valence-corrected chi connectivity index (χ4v) is 3.02. The van der Waals surface area contributed by atoms with Crippen molar-refractivity contribution in [1.82, 2.24) is 10.4 Å². The van der Waals surface area contributed by atoms with E-state index in [-0.39, 0.29) is 30.5 Å². The maximum absolute atomic E-state index is 13.1. The number of rotatable bonds is 7. The van der Waals surface area contributed by atoms with E-state index in [2.05, 4.69) is 5.32 Å². The Kier molecular flexibility index (Phi) is 7.13. The number of aryl methyl sites for hydroxylation is 1. The van der Waals surface area contributed by atoms with Crippen LogP contribution in [-0.4, -0.2) is 34.4 Å². The molecule has 3 aromatic carbocycles. The summed E-state index contributed by atoms with van der Waals surface area (Å²) in [6.45, 7) is 2.00. The van der Waals surface area contributed by atoms with Crippen molar-refractivity contribution in [2.45, 2.75) is 13.5 Å². The second kappa shape index (κ2) is 10.2. The molecule has 3 N–H and O–H groups in total. The molecule has 0 fully saturated rings. The first kappa shape index (κ1) is 21.7. The molecule has 0 bridgehead atoms. The molecular formula is C24H23N3O4. The molecule has 3 aromatic rings. The molecule has 0 aliphatic rings. The van der Waals surface area contributed by atoms with Crippen LogP contribution in [0, 0.1) is 6.92 Å². The van der Waals surface area contributed by atoms with E-state index in [4.69, 9.17) is 5.21 Å². The summed E-state index contributed by atoms with van der Waals surface area (Å²) in [5, 5.41) is 11.6.